The molecule has 0 saturated carbocycles. The molecule has 0 aliphatic heterocycles. The van der Waals surface area contributed by atoms with Crippen LogP contribution in [0.1, 0.15) is 16.7 Å². The van der Waals surface area contributed by atoms with Crippen LogP contribution in [0.5, 0.6) is 11.5 Å². The highest BCUT2D eigenvalue weighted by atomic mass is 19.1. The first-order chi connectivity index (χ1) is 15.9. The quantitative estimate of drug-likeness (QED) is 0.442. The van der Waals surface area contributed by atoms with Gasteiger partial charge >= 0.3 is 0 Å². The zero-order chi connectivity index (χ0) is 23.6. The molecule has 0 radical (unpaired) electrons. The zero-order valence-corrected chi connectivity index (χ0v) is 19.3. The number of hydrogen-bond acceptors (Lipinski definition) is 5. The third-order valence-corrected chi connectivity index (χ3v) is 5.21. The van der Waals surface area contributed by atoms with E-state index in [1.807, 2.05) is 42.6 Å². The van der Waals surface area contributed by atoms with Gasteiger partial charge in [0.2, 0.25) is 5.91 Å². The van der Waals surface area contributed by atoms with Gasteiger partial charge in [0.1, 0.15) is 12.4 Å². The normalized spacial score (nSPS) is 10.8. The van der Waals surface area contributed by atoms with Crippen molar-refractivity contribution in [2.45, 2.75) is 19.6 Å². The van der Waals surface area contributed by atoms with E-state index in [4.69, 9.17) is 9.47 Å². The summed E-state index contributed by atoms with van der Waals surface area (Å²) in [4.78, 5) is 20.2. The van der Waals surface area contributed by atoms with Gasteiger partial charge in [-0.05, 0) is 53.4 Å². The maximum atomic E-state index is 13.4. The highest BCUT2D eigenvalue weighted by Gasteiger charge is 2.14. The van der Waals surface area contributed by atoms with Gasteiger partial charge in [-0.25, -0.2) is 4.39 Å². The number of ether oxygens (including phenoxy) is 2. The first-order valence-corrected chi connectivity index (χ1v) is 10.8. The number of amides is 1. The van der Waals surface area contributed by atoms with Gasteiger partial charge in [-0.2, -0.15) is 0 Å². The fraction of sp³-hybridized carbons (Fsp3) is 0.308. The van der Waals surface area contributed by atoms with Crippen LogP contribution >= 0.6 is 0 Å². The molecule has 1 amide bonds. The van der Waals surface area contributed by atoms with Crippen LogP contribution in [0.25, 0.3) is 0 Å². The Balaban J connectivity index is 1.65. The Morgan fingerprint density at radius 3 is 2.52 bits per heavy atom. The molecule has 6 nitrogen and oxygen atoms in total. The lowest BCUT2D eigenvalue weighted by molar-refractivity contribution is -0.130. The van der Waals surface area contributed by atoms with E-state index in [0.717, 1.165) is 23.1 Å². The van der Waals surface area contributed by atoms with Crippen LogP contribution in [0, 0.1) is 5.82 Å². The molecule has 3 aromatic rings. The fourth-order valence-corrected chi connectivity index (χ4v) is 3.36. The summed E-state index contributed by atoms with van der Waals surface area (Å²) in [7, 11) is 5.12. The molecule has 3 rings (SSSR count). The average Bonchev–Trinajstić information content (AvgIpc) is 2.82. The fourth-order valence-electron chi connectivity index (χ4n) is 3.36. The number of benzene rings is 2. The summed E-state index contributed by atoms with van der Waals surface area (Å²) in [5.41, 5.74) is 2.87. The van der Waals surface area contributed by atoms with Crippen LogP contribution in [0.4, 0.5) is 4.39 Å². The standard InChI is InChI=1S/C26H30FN3O3/c1-29(2)26(31)18-30(17-22-7-5-12-28-16-22)13-11-20-9-10-24(25(15-20)32-3)33-19-21-6-4-8-23(27)14-21/h4-10,12,14-16H,11,13,17-19H2,1-3H3. The Morgan fingerprint density at radius 1 is 1.00 bits per heavy atom. The van der Waals surface area contributed by atoms with Gasteiger partial charge in [0.05, 0.1) is 13.7 Å². The van der Waals surface area contributed by atoms with Crippen LogP contribution in [0.3, 0.4) is 0 Å². The number of methoxy groups -OCH3 is 1. The minimum Gasteiger partial charge on any atom is -0.493 e. The number of rotatable bonds is 11. The molecule has 0 aliphatic carbocycles. The second-order valence-electron chi connectivity index (χ2n) is 8.01. The van der Waals surface area contributed by atoms with Crippen LogP contribution in [-0.4, -0.2) is 55.0 Å². The van der Waals surface area contributed by atoms with Crippen molar-refractivity contribution in [3.8, 4) is 11.5 Å². The van der Waals surface area contributed by atoms with Crippen LogP contribution in [-0.2, 0) is 24.4 Å². The van der Waals surface area contributed by atoms with Crippen molar-refractivity contribution >= 4 is 5.91 Å². The molecule has 0 aliphatic rings. The molecule has 0 unspecified atom stereocenters. The van der Waals surface area contributed by atoms with E-state index in [2.05, 4.69) is 9.88 Å². The van der Waals surface area contributed by atoms with Gasteiger partial charge in [0, 0.05) is 39.6 Å². The Labute approximate surface area is 194 Å². The Morgan fingerprint density at radius 2 is 1.82 bits per heavy atom. The maximum Gasteiger partial charge on any atom is 0.236 e. The van der Waals surface area contributed by atoms with E-state index < -0.39 is 0 Å². The molecule has 0 saturated heterocycles. The highest BCUT2D eigenvalue weighted by molar-refractivity contribution is 5.77. The van der Waals surface area contributed by atoms with Crippen LogP contribution < -0.4 is 9.47 Å². The lowest BCUT2D eigenvalue weighted by atomic mass is 10.1. The van der Waals surface area contributed by atoms with Crippen molar-refractivity contribution < 1.29 is 18.7 Å². The van der Waals surface area contributed by atoms with E-state index in [-0.39, 0.29) is 18.3 Å². The minimum atomic E-state index is -0.290. The molecule has 174 valence electrons. The molecule has 1 aromatic heterocycles. The third-order valence-electron chi connectivity index (χ3n) is 5.21. The number of hydrogen-bond donors (Lipinski definition) is 0. The molecule has 0 spiro atoms. The molecule has 2 aromatic carbocycles. The third kappa shape index (κ3) is 7.57. The number of nitrogens with zero attached hydrogens (tertiary/aromatic N) is 3. The predicted molar refractivity (Wildman–Crippen MR) is 126 cm³/mol. The van der Waals surface area contributed by atoms with Crippen molar-refractivity contribution in [3.05, 3.63) is 89.5 Å². The molecule has 7 heteroatoms. The number of carbonyl (C=O) groups is 1. The first-order valence-electron chi connectivity index (χ1n) is 10.8. The summed E-state index contributed by atoms with van der Waals surface area (Å²) in [6.07, 6.45) is 4.30. The summed E-state index contributed by atoms with van der Waals surface area (Å²) >= 11 is 0. The summed E-state index contributed by atoms with van der Waals surface area (Å²) < 4.78 is 24.8. The molecule has 0 atom stereocenters. The van der Waals surface area contributed by atoms with Crippen molar-refractivity contribution in [3.63, 3.8) is 0 Å². The SMILES string of the molecule is COc1cc(CCN(CC(=O)N(C)C)Cc2cccnc2)ccc1OCc1cccc(F)c1. The summed E-state index contributed by atoms with van der Waals surface area (Å²) in [6.45, 7) is 1.91. The van der Waals surface area contributed by atoms with Gasteiger partial charge in [-0.3, -0.25) is 14.7 Å². The van der Waals surface area contributed by atoms with E-state index >= 15 is 0 Å². The number of halogens is 1. The number of aromatic nitrogens is 1. The van der Waals surface area contributed by atoms with E-state index in [0.29, 0.717) is 31.1 Å². The monoisotopic (exact) mass is 451 g/mol. The molecule has 33 heavy (non-hydrogen) atoms. The zero-order valence-electron chi connectivity index (χ0n) is 19.3. The van der Waals surface area contributed by atoms with Crippen molar-refractivity contribution in [1.29, 1.82) is 0 Å². The molecular weight excluding hydrogens is 421 g/mol. The van der Waals surface area contributed by atoms with Gasteiger partial charge in [-0.15, -0.1) is 0 Å². The van der Waals surface area contributed by atoms with Crippen LogP contribution in [0.2, 0.25) is 0 Å². The van der Waals surface area contributed by atoms with Crippen molar-refractivity contribution in [2.75, 3.05) is 34.3 Å². The number of pyridine rings is 1. The Hall–Kier alpha value is -3.45. The first kappa shape index (κ1) is 24.2. The molecule has 0 fully saturated rings. The predicted octanol–water partition coefficient (Wildman–Crippen LogP) is 3.94. The largest absolute Gasteiger partial charge is 0.493 e. The smallest absolute Gasteiger partial charge is 0.236 e. The summed E-state index contributed by atoms with van der Waals surface area (Å²) in [5, 5.41) is 0. The lowest BCUT2D eigenvalue weighted by Gasteiger charge is -2.23. The summed E-state index contributed by atoms with van der Waals surface area (Å²) in [5.74, 6) is 0.979. The van der Waals surface area contributed by atoms with Gasteiger partial charge in [0.25, 0.3) is 0 Å². The topological polar surface area (TPSA) is 54.9 Å². The average molecular weight is 452 g/mol. The highest BCUT2D eigenvalue weighted by Crippen LogP contribution is 2.29. The van der Waals surface area contributed by atoms with E-state index in [1.165, 1.54) is 12.1 Å². The molecular formula is C26H30FN3O3. The van der Waals surface area contributed by atoms with Gasteiger partial charge in [-0.1, -0.05) is 24.3 Å². The molecule has 0 N–H and O–H groups in total. The number of carbonyl (C=O) groups excluding carboxylic acids is 1. The van der Waals surface area contributed by atoms with Crippen LogP contribution in [0.15, 0.2) is 67.0 Å². The molecule has 1 heterocycles. The lowest BCUT2D eigenvalue weighted by Crippen LogP contribution is -2.37. The van der Waals surface area contributed by atoms with Crippen molar-refractivity contribution in [1.82, 2.24) is 14.8 Å². The minimum absolute atomic E-state index is 0.0533. The van der Waals surface area contributed by atoms with Gasteiger partial charge < -0.3 is 14.4 Å². The van der Waals surface area contributed by atoms with Crippen molar-refractivity contribution in [2.24, 2.45) is 0 Å². The maximum absolute atomic E-state index is 13.4. The Bertz CT molecular complexity index is 1040. The van der Waals surface area contributed by atoms with Gasteiger partial charge in [0.15, 0.2) is 11.5 Å². The van der Waals surface area contributed by atoms with E-state index in [1.54, 1.807) is 38.4 Å². The second kappa shape index (κ2) is 12.0. The summed E-state index contributed by atoms with van der Waals surface area (Å²) in [6, 6.07) is 16.0. The number of likely N-dealkylation sites (N-methyl/N-ethyl adjacent to an activating group) is 1. The van der Waals surface area contributed by atoms with E-state index in [9.17, 15) is 9.18 Å². The Kier molecular flexibility index (Phi) is 8.78. The molecule has 0 bridgehead atoms. The second-order valence-corrected chi connectivity index (χ2v) is 8.01.